The van der Waals surface area contributed by atoms with E-state index >= 15 is 0 Å². The first-order valence-electron chi connectivity index (χ1n) is 3.92. The normalized spacial score (nSPS) is 13.7. The van der Waals surface area contributed by atoms with Crippen molar-refractivity contribution in [3.8, 4) is 0 Å². The van der Waals surface area contributed by atoms with E-state index in [2.05, 4.69) is 37.6 Å². The van der Waals surface area contributed by atoms with Gasteiger partial charge in [0.2, 0.25) is 10.0 Å². The lowest BCUT2D eigenvalue weighted by molar-refractivity contribution is 0.564. The molecule has 0 amide bonds. The van der Waals surface area contributed by atoms with Crippen LogP contribution in [0.5, 0.6) is 0 Å². The van der Waals surface area contributed by atoms with Gasteiger partial charge in [-0.05, 0) is 6.92 Å². The van der Waals surface area contributed by atoms with Gasteiger partial charge in [0.05, 0.1) is 11.0 Å². The maximum Gasteiger partial charge on any atom is 0.218 e. The second kappa shape index (κ2) is 4.59. The van der Waals surface area contributed by atoms with Gasteiger partial charge in [-0.2, -0.15) is 5.21 Å². The molecule has 0 bridgehead atoms. The number of H-pyrrole nitrogens is 1. The van der Waals surface area contributed by atoms with Gasteiger partial charge in [-0.15, -0.1) is 10.2 Å². The zero-order valence-corrected chi connectivity index (χ0v) is 9.47. The summed E-state index contributed by atoms with van der Waals surface area (Å²) in [6.45, 7) is 1.59. The highest BCUT2D eigenvalue weighted by Crippen LogP contribution is 2.05. The number of nitrogens with two attached hydrogens (primary N) is 1. The summed E-state index contributed by atoms with van der Waals surface area (Å²) in [6.07, 6.45) is 0. The van der Waals surface area contributed by atoms with E-state index in [1.807, 2.05) is 0 Å². The average Bonchev–Trinajstić information content (AvgIpc) is 2.50. The molecule has 10 heteroatoms. The number of thiocarbonyl (C=S) groups is 1. The summed E-state index contributed by atoms with van der Waals surface area (Å²) in [5.41, 5.74) is 5.14. The van der Waals surface area contributed by atoms with Gasteiger partial charge >= 0.3 is 0 Å². The largest absolute Gasteiger partial charge is 0.392 e. The maximum absolute atomic E-state index is 11.4. The van der Waals surface area contributed by atoms with E-state index in [9.17, 15) is 8.42 Å². The van der Waals surface area contributed by atoms with Crippen molar-refractivity contribution in [1.29, 1.82) is 0 Å². The number of nitrogens with zero attached hydrogens (tertiary/aromatic N) is 3. The van der Waals surface area contributed by atoms with Gasteiger partial charge in [0.15, 0.2) is 5.82 Å². The van der Waals surface area contributed by atoms with Crippen LogP contribution < -0.4 is 10.5 Å². The number of hydrogen-bond donors (Lipinski definition) is 3. The molecule has 0 aromatic carbocycles. The molecule has 1 aromatic heterocycles. The Labute approximate surface area is 91.7 Å². The molecule has 1 unspecified atom stereocenters. The Balaban J connectivity index is 2.66. The number of tetrazole rings is 1. The lowest BCUT2D eigenvalue weighted by Gasteiger charge is -2.09. The molecular formula is C5H10N6O2S2. The van der Waals surface area contributed by atoms with E-state index in [0.717, 1.165) is 0 Å². The molecule has 0 saturated heterocycles. The molecule has 8 nitrogen and oxygen atoms in total. The third-order valence-corrected chi connectivity index (χ3v) is 3.17. The number of aromatic amines is 1. The minimum atomic E-state index is -3.54. The zero-order valence-electron chi connectivity index (χ0n) is 7.84. The van der Waals surface area contributed by atoms with Crippen molar-refractivity contribution >= 4 is 27.2 Å². The van der Waals surface area contributed by atoms with Crippen LogP contribution in [0.3, 0.4) is 0 Å². The van der Waals surface area contributed by atoms with Crippen LogP contribution in [0.1, 0.15) is 18.8 Å². The fraction of sp³-hybridized carbons (Fsp3) is 0.600. The van der Waals surface area contributed by atoms with Crippen molar-refractivity contribution in [2.24, 2.45) is 5.73 Å². The predicted molar refractivity (Wildman–Crippen MR) is 56.3 cm³/mol. The van der Waals surface area contributed by atoms with Gasteiger partial charge in [-0.3, -0.25) is 0 Å². The highest BCUT2D eigenvalue weighted by Gasteiger charge is 2.19. The average molecular weight is 250 g/mol. The number of aromatic nitrogens is 4. The van der Waals surface area contributed by atoms with Crippen LogP contribution in [0.15, 0.2) is 0 Å². The lowest BCUT2D eigenvalue weighted by Crippen LogP contribution is -2.34. The lowest BCUT2D eigenvalue weighted by atomic mass is 10.4. The van der Waals surface area contributed by atoms with Crippen LogP contribution in [0, 0.1) is 0 Å². The number of sulfonamides is 1. The fourth-order valence-corrected chi connectivity index (χ4v) is 2.47. The third-order valence-electron chi connectivity index (χ3n) is 1.44. The molecule has 0 aliphatic heterocycles. The minimum Gasteiger partial charge on any atom is -0.392 e. The van der Waals surface area contributed by atoms with Crippen molar-refractivity contribution in [3.63, 3.8) is 0 Å². The summed E-state index contributed by atoms with van der Waals surface area (Å²) < 4.78 is 25.1. The number of nitrogens with one attached hydrogen (secondary N) is 2. The smallest absolute Gasteiger partial charge is 0.218 e. The predicted octanol–water partition coefficient (Wildman–Crippen LogP) is -1.53. The van der Waals surface area contributed by atoms with E-state index in [-0.39, 0.29) is 10.8 Å². The van der Waals surface area contributed by atoms with E-state index in [1.54, 1.807) is 6.92 Å². The monoisotopic (exact) mass is 250 g/mol. The first-order valence-corrected chi connectivity index (χ1v) is 5.98. The topological polar surface area (TPSA) is 127 Å². The first kappa shape index (κ1) is 11.9. The van der Waals surface area contributed by atoms with Gasteiger partial charge in [0, 0.05) is 0 Å². The van der Waals surface area contributed by atoms with Crippen molar-refractivity contribution in [2.45, 2.75) is 13.0 Å². The van der Waals surface area contributed by atoms with Crippen LogP contribution in [-0.4, -0.2) is 39.8 Å². The van der Waals surface area contributed by atoms with Crippen LogP contribution in [0.2, 0.25) is 0 Å². The van der Waals surface area contributed by atoms with Crippen LogP contribution in [-0.2, 0) is 10.0 Å². The van der Waals surface area contributed by atoms with E-state index in [1.165, 1.54) is 0 Å². The second-order valence-electron chi connectivity index (χ2n) is 2.83. The zero-order chi connectivity index (χ0) is 11.5. The van der Waals surface area contributed by atoms with E-state index in [4.69, 9.17) is 5.73 Å². The van der Waals surface area contributed by atoms with Crippen molar-refractivity contribution < 1.29 is 8.42 Å². The molecule has 1 rings (SSSR count). The van der Waals surface area contributed by atoms with Crippen LogP contribution >= 0.6 is 12.2 Å². The van der Waals surface area contributed by atoms with Gasteiger partial charge < -0.3 is 5.73 Å². The Hall–Kier alpha value is -1.13. The molecule has 1 aromatic rings. The quantitative estimate of drug-likeness (QED) is 0.541. The molecule has 0 fully saturated rings. The summed E-state index contributed by atoms with van der Waals surface area (Å²) >= 11 is 4.51. The van der Waals surface area contributed by atoms with Gasteiger partial charge in [0.25, 0.3) is 0 Å². The molecule has 84 valence electrons. The summed E-state index contributed by atoms with van der Waals surface area (Å²) in [5.74, 6) is -0.147. The minimum absolute atomic E-state index is 0.0946. The van der Waals surface area contributed by atoms with Crippen molar-refractivity contribution in [3.05, 3.63) is 5.82 Å². The summed E-state index contributed by atoms with van der Waals surface area (Å²) in [5, 5.41) is 12.8. The standard InChI is InChI=1S/C5H10N6O2S2/c1-3(5-7-10-11-8-5)9-15(12,13)2-4(6)14/h3,9H,2H2,1H3,(H2,6,14)(H,7,8,10,11). The molecule has 0 radical (unpaired) electrons. The van der Waals surface area contributed by atoms with Gasteiger partial charge in [0.1, 0.15) is 5.75 Å². The Morgan fingerprint density at radius 1 is 1.73 bits per heavy atom. The highest BCUT2D eigenvalue weighted by atomic mass is 32.2. The highest BCUT2D eigenvalue weighted by molar-refractivity contribution is 7.92. The van der Waals surface area contributed by atoms with Gasteiger partial charge in [-0.1, -0.05) is 17.4 Å². The summed E-state index contributed by atoms with van der Waals surface area (Å²) in [4.78, 5) is -0.0946. The molecule has 0 spiro atoms. The maximum atomic E-state index is 11.4. The van der Waals surface area contributed by atoms with Gasteiger partial charge in [-0.25, -0.2) is 13.1 Å². The van der Waals surface area contributed by atoms with Crippen molar-refractivity contribution in [1.82, 2.24) is 25.3 Å². The molecule has 15 heavy (non-hydrogen) atoms. The molecule has 1 heterocycles. The van der Waals surface area contributed by atoms with Crippen LogP contribution in [0.4, 0.5) is 0 Å². The first-order chi connectivity index (χ1) is 6.91. The third kappa shape index (κ3) is 3.85. The molecule has 0 saturated carbocycles. The van der Waals surface area contributed by atoms with Crippen molar-refractivity contribution in [2.75, 3.05) is 5.75 Å². The van der Waals surface area contributed by atoms with E-state index < -0.39 is 21.8 Å². The Morgan fingerprint density at radius 3 is 2.87 bits per heavy atom. The summed E-state index contributed by atoms with van der Waals surface area (Å²) in [6, 6.07) is -0.580. The molecule has 1 atom stereocenters. The summed E-state index contributed by atoms with van der Waals surface area (Å²) in [7, 11) is -3.54. The number of hydrogen-bond acceptors (Lipinski definition) is 6. The number of rotatable bonds is 5. The molecule has 0 aliphatic rings. The fourth-order valence-electron chi connectivity index (χ4n) is 0.904. The molecular weight excluding hydrogens is 240 g/mol. The second-order valence-corrected chi connectivity index (χ2v) is 5.11. The Morgan fingerprint density at radius 2 is 2.40 bits per heavy atom. The SMILES string of the molecule is CC(NS(=O)(=O)CC(N)=S)c1nn[nH]n1. The molecule has 0 aliphatic carbocycles. The van der Waals surface area contributed by atoms with Crippen LogP contribution in [0.25, 0.3) is 0 Å². The van der Waals surface area contributed by atoms with E-state index in [0.29, 0.717) is 0 Å². The molecule has 4 N–H and O–H groups in total. The Kier molecular flexibility index (Phi) is 3.66. The Bertz CT molecular complexity index is 426.